The fourth-order valence-electron chi connectivity index (χ4n) is 1.56. The van der Waals surface area contributed by atoms with E-state index >= 15 is 0 Å². The van der Waals surface area contributed by atoms with E-state index in [0.29, 0.717) is 19.4 Å². The van der Waals surface area contributed by atoms with Crippen molar-refractivity contribution in [1.82, 2.24) is 5.32 Å². The van der Waals surface area contributed by atoms with Crippen LogP contribution >= 0.6 is 0 Å². The van der Waals surface area contributed by atoms with Crippen molar-refractivity contribution in [3.05, 3.63) is 0 Å². The van der Waals surface area contributed by atoms with Gasteiger partial charge in [-0.1, -0.05) is 32.6 Å². The third kappa shape index (κ3) is 8.98. The molecule has 0 aromatic carbocycles. The standard InChI is InChI=1S/C13H25NO4/c1-3-4-5-6-8-11(15)13(17)14-10-7-9-12(16)18-2/h11,15H,3-10H2,1-2H3,(H,14,17)/t11-/m1/s1. The average molecular weight is 259 g/mol. The molecule has 0 aliphatic rings. The number of ether oxygens (including phenoxy) is 1. The lowest BCUT2D eigenvalue weighted by molar-refractivity contribution is -0.141. The van der Waals surface area contributed by atoms with Crippen molar-refractivity contribution in [2.75, 3.05) is 13.7 Å². The van der Waals surface area contributed by atoms with E-state index in [0.717, 1.165) is 25.7 Å². The summed E-state index contributed by atoms with van der Waals surface area (Å²) in [5.41, 5.74) is 0. The summed E-state index contributed by atoms with van der Waals surface area (Å²) in [6, 6.07) is 0. The number of esters is 1. The summed E-state index contributed by atoms with van der Waals surface area (Å²) in [6.07, 6.45) is 4.56. The molecule has 5 heteroatoms. The van der Waals surface area contributed by atoms with Crippen molar-refractivity contribution in [2.24, 2.45) is 0 Å². The van der Waals surface area contributed by atoms with Crippen molar-refractivity contribution in [3.63, 3.8) is 0 Å². The first-order chi connectivity index (χ1) is 8.61. The van der Waals surface area contributed by atoms with Crippen LogP contribution in [0.15, 0.2) is 0 Å². The summed E-state index contributed by atoms with van der Waals surface area (Å²) < 4.78 is 4.48. The van der Waals surface area contributed by atoms with Gasteiger partial charge in [0.1, 0.15) is 6.10 Å². The number of amides is 1. The molecule has 0 saturated heterocycles. The van der Waals surface area contributed by atoms with Gasteiger partial charge < -0.3 is 15.2 Å². The Balaban J connectivity index is 3.52. The highest BCUT2D eigenvalue weighted by molar-refractivity contribution is 5.80. The molecule has 1 amide bonds. The van der Waals surface area contributed by atoms with Gasteiger partial charge in [-0.05, 0) is 12.8 Å². The molecule has 0 bridgehead atoms. The lowest BCUT2D eigenvalue weighted by Gasteiger charge is -2.10. The number of rotatable bonds is 10. The number of methoxy groups -OCH3 is 1. The van der Waals surface area contributed by atoms with Gasteiger partial charge in [-0.15, -0.1) is 0 Å². The number of carbonyl (C=O) groups excluding carboxylic acids is 2. The normalized spacial score (nSPS) is 11.9. The van der Waals surface area contributed by atoms with Crippen LogP contribution < -0.4 is 5.32 Å². The second-order valence-corrected chi connectivity index (χ2v) is 4.34. The van der Waals surface area contributed by atoms with E-state index in [9.17, 15) is 14.7 Å². The molecule has 106 valence electrons. The van der Waals surface area contributed by atoms with Crippen molar-refractivity contribution in [2.45, 2.75) is 58.0 Å². The van der Waals surface area contributed by atoms with Gasteiger partial charge in [-0.3, -0.25) is 9.59 Å². The molecule has 0 aliphatic heterocycles. The molecule has 0 heterocycles. The predicted octanol–water partition coefficient (Wildman–Crippen LogP) is 1.39. The Bertz CT molecular complexity index is 243. The van der Waals surface area contributed by atoms with Crippen LogP contribution in [0.2, 0.25) is 0 Å². The number of nitrogens with one attached hydrogen (secondary N) is 1. The maximum atomic E-state index is 11.4. The second-order valence-electron chi connectivity index (χ2n) is 4.34. The Hall–Kier alpha value is -1.10. The number of hydrogen-bond acceptors (Lipinski definition) is 4. The molecular formula is C13H25NO4. The summed E-state index contributed by atoms with van der Waals surface area (Å²) in [6.45, 7) is 2.50. The van der Waals surface area contributed by atoms with Crippen LogP contribution in [0.5, 0.6) is 0 Å². The molecule has 0 radical (unpaired) electrons. The van der Waals surface area contributed by atoms with E-state index in [1.807, 2.05) is 0 Å². The zero-order valence-electron chi connectivity index (χ0n) is 11.4. The SMILES string of the molecule is CCCCCC[C@@H](O)C(=O)NCCCC(=O)OC. The molecule has 0 saturated carbocycles. The number of aliphatic hydroxyl groups is 1. The Morgan fingerprint density at radius 2 is 1.94 bits per heavy atom. The van der Waals surface area contributed by atoms with Crippen LogP contribution in [-0.4, -0.2) is 36.7 Å². The lowest BCUT2D eigenvalue weighted by atomic mass is 10.1. The van der Waals surface area contributed by atoms with Crippen LogP contribution in [0, 0.1) is 0 Å². The number of hydrogen-bond donors (Lipinski definition) is 2. The van der Waals surface area contributed by atoms with E-state index in [-0.39, 0.29) is 18.3 Å². The highest BCUT2D eigenvalue weighted by Crippen LogP contribution is 2.05. The first kappa shape index (κ1) is 16.9. The molecule has 0 fully saturated rings. The molecule has 0 unspecified atom stereocenters. The fourth-order valence-corrected chi connectivity index (χ4v) is 1.56. The van der Waals surface area contributed by atoms with Crippen LogP contribution in [0.25, 0.3) is 0 Å². The second kappa shape index (κ2) is 11.0. The summed E-state index contributed by atoms with van der Waals surface area (Å²) in [7, 11) is 1.33. The maximum absolute atomic E-state index is 11.4. The molecule has 18 heavy (non-hydrogen) atoms. The van der Waals surface area contributed by atoms with Gasteiger partial charge in [0, 0.05) is 13.0 Å². The summed E-state index contributed by atoms with van der Waals surface area (Å²) in [5.74, 6) is -0.638. The van der Waals surface area contributed by atoms with Crippen molar-refractivity contribution in [1.29, 1.82) is 0 Å². The van der Waals surface area contributed by atoms with E-state index in [2.05, 4.69) is 17.0 Å². The van der Waals surface area contributed by atoms with E-state index in [4.69, 9.17) is 0 Å². The van der Waals surface area contributed by atoms with Crippen LogP contribution in [0.3, 0.4) is 0 Å². The topological polar surface area (TPSA) is 75.6 Å². The van der Waals surface area contributed by atoms with Crippen molar-refractivity contribution < 1.29 is 19.4 Å². The zero-order valence-corrected chi connectivity index (χ0v) is 11.4. The molecule has 5 nitrogen and oxygen atoms in total. The van der Waals surface area contributed by atoms with Crippen LogP contribution in [0.4, 0.5) is 0 Å². The van der Waals surface area contributed by atoms with Gasteiger partial charge in [-0.2, -0.15) is 0 Å². The zero-order chi connectivity index (χ0) is 13.8. The average Bonchev–Trinajstić information content (AvgIpc) is 2.38. The minimum Gasteiger partial charge on any atom is -0.469 e. The molecule has 1 atom stereocenters. The van der Waals surface area contributed by atoms with E-state index < -0.39 is 6.10 Å². The molecule has 0 aliphatic carbocycles. The minimum absolute atomic E-state index is 0.281. The molecule has 0 aromatic rings. The number of unbranched alkanes of at least 4 members (excludes halogenated alkanes) is 3. The van der Waals surface area contributed by atoms with Crippen molar-refractivity contribution in [3.8, 4) is 0 Å². The van der Waals surface area contributed by atoms with Crippen LogP contribution in [-0.2, 0) is 14.3 Å². The van der Waals surface area contributed by atoms with Gasteiger partial charge in [0.2, 0.25) is 5.91 Å². The third-order valence-electron chi connectivity index (χ3n) is 2.72. The Morgan fingerprint density at radius 3 is 2.56 bits per heavy atom. The molecular weight excluding hydrogens is 234 g/mol. The first-order valence-corrected chi connectivity index (χ1v) is 6.64. The largest absolute Gasteiger partial charge is 0.469 e. The van der Waals surface area contributed by atoms with Crippen molar-refractivity contribution >= 4 is 11.9 Å². The predicted molar refractivity (Wildman–Crippen MR) is 69.0 cm³/mol. The van der Waals surface area contributed by atoms with E-state index in [1.165, 1.54) is 7.11 Å². The monoisotopic (exact) mass is 259 g/mol. The number of aliphatic hydroxyl groups excluding tert-OH is 1. The summed E-state index contributed by atoms with van der Waals surface area (Å²) >= 11 is 0. The Labute approximate surface area is 109 Å². The van der Waals surface area contributed by atoms with Gasteiger partial charge in [-0.25, -0.2) is 0 Å². The highest BCUT2D eigenvalue weighted by atomic mass is 16.5. The Morgan fingerprint density at radius 1 is 1.22 bits per heavy atom. The molecule has 0 aromatic heterocycles. The minimum atomic E-state index is -0.931. The summed E-state index contributed by atoms with van der Waals surface area (Å²) in [4.78, 5) is 22.3. The highest BCUT2D eigenvalue weighted by Gasteiger charge is 2.13. The van der Waals surface area contributed by atoms with E-state index in [1.54, 1.807) is 0 Å². The molecule has 0 spiro atoms. The number of carbonyl (C=O) groups is 2. The Kier molecular flexibility index (Phi) is 10.3. The molecule has 2 N–H and O–H groups in total. The fraction of sp³-hybridized carbons (Fsp3) is 0.846. The van der Waals surface area contributed by atoms with Gasteiger partial charge in [0.25, 0.3) is 0 Å². The summed E-state index contributed by atoms with van der Waals surface area (Å²) in [5, 5.41) is 12.2. The maximum Gasteiger partial charge on any atom is 0.305 e. The van der Waals surface area contributed by atoms with Crippen LogP contribution in [0.1, 0.15) is 51.9 Å². The smallest absolute Gasteiger partial charge is 0.305 e. The van der Waals surface area contributed by atoms with Gasteiger partial charge in [0.15, 0.2) is 0 Å². The van der Waals surface area contributed by atoms with Gasteiger partial charge >= 0.3 is 5.97 Å². The first-order valence-electron chi connectivity index (χ1n) is 6.64. The third-order valence-corrected chi connectivity index (χ3v) is 2.72. The quantitative estimate of drug-likeness (QED) is 0.459. The molecule has 0 rings (SSSR count). The lowest BCUT2D eigenvalue weighted by Crippen LogP contribution is -2.35. The van der Waals surface area contributed by atoms with Gasteiger partial charge in [0.05, 0.1) is 7.11 Å².